The first-order valence-electron chi connectivity index (χ1n) is 10.5. The predicted octanol–water partition coefficient (Wildman–Crippen LogP) is 3.42. The fourth-order valence-electron chi connectivity index (χ4n) is 4.33. The number of nitrogens with one attached hydrogen (secondary N) is 2. The van der Waals surface area contributed by atoms with Gasteiger partial charge in [0.2, 0.25) is 5.91 Å². The van der Waals surface area contributed by atoms with E-state index in [-0.39, 0.29) is 24.9 Å². The van der Waals surface area contributed by atoms with E-state index in [4.69, 9.17) is 9.47 Å². The summed E-state index contributed by atoms with van der Waals surface area (Å²) in [6.07, 6.45) is 5.06. The van der Waals surface area contributed by atoms with Crippen molar-refractivity contribution in [3.8, 4) is 11.5 Å². The summed E-state index contributed by atoms with van der Waals surface area (Å²) in [6.45, 7) is 0.0177. The van der Waals surface area contributed by atoms with Crippen LogP contribution in [0.2, 0.25) is 0 Å². The highest BCUT2D eigenvalue weighted by Gasteiger charge is 2.42. The van der Waals surface area contributed by atoms with Crippen molar-refractivity contribution in [2.75, 3.05) is 11.9 Å². The number of hydrogen-bond acceptors (Lipinski definition) is 5. The average molecular weight is 421 g/mol. The van der Waals surface area contributed by atoms with Crippen LogP contribution in [-0.2, 0) is 11.3 Å². The highest BCUT2D eigenvalue weighted by molar-refractivity contribution is 6.06. The van der Waals surface area contributed by atoms with E-state index in [2.05, 4.69) is 10.6 Å². The van der Waals surface area contributed by atoms with Gasteiger partial charge in [0.1, 0.15) is 0 Å². The van der Waals surface area contributed by atoms with Crippen molar-refractivity contribution in [1.29, 1.82) is 0 Å². The molecule has 1 aliphatic carbocycles. The minimum atomic E-state index is -0.571. The van der Waals surface area contributed by atoms with Crippen LogP contribution < -0.4 is 20.1 Å². The molecule has 2 aromatic carbocycles. The zero-order chi connectivity index (χ0) is 21.4. The van der Waals surface area contributed by atoms with E-state index in [0.29, 0.717) is 28.3 Å². The van der Waals surface area contributed by atoms with Gasteiger partial charge >= 0.3 is 6.03 Å². The Morgan fingerprint density at radius 2 is 1.81 bits per heavy atom. The lowest BCUT2D eigenvalue weighted by atomic mass is 9.94. The third-order valence-electron chi connectivity index (χ3n) is 5.94. The molecule has 1 saturated heterocycles. The number of fused-ring (bicyclic) bond motifs is 1. The van der Waals surface area contributed by atoms with Gasteiger partial charge in [0.15, 0.2) is 11.5 Å². The lowest BCUT2D eigenvalue weighted by Crippen LogP contribution is -2.40. The number of benzene rings is 2. The summed E-state index contributed by atoms with van der Waals surface area (Å²) < 4.78 is 12.2. The summed E-state index contributed by atoms with van der Waals surface area (Å²) in [5.41, 5.74) is 1.58. The van der Waals surface area contributed by atoms with Crippen molar-refractivity contribution < 1.29 is 23.9 Å². The Bertz CT molecular complexity index is 1040. The standard InChI is InChI=1S/C23H23N3O5/c27-20-13-24-22(29)26(20)14-15-6-2-3-7-17(15)21(28)25-16-8-9-18-19(12-16)31-23(30-18)10-4-1-5-11-23/h2-3,6-9,12H,1,4-5,10-11,13-14H2,(H,24,29)(H,25,28). The van der Waals surface area contributed by atoms with Gasteiger partial charge in [0.25, 0.3) is 11.7 Å². The van der Waals surface area contributed by atoms with Gasteiger partial charge in [-0.15, -0.1) is 0 Å². The number of imide groups is 1. The summed E-state index contributed by atoms with van der Waals surface area (Å²) in [6, 6.07) is 11.8. The van der Waals surface area contributed by atoms with Gasteiger partial charge in [0, 0.05) is 30.2 Å². The molecule has 2 heterocycles. The molecular weight excluding hydrogens is 398 g/mol. The Labute approximate surface area is 179 Å². The van der Waals surface area contributed by atoms with Crippen molar-refractivity contribution in [1.82, 2.24) is 10.2 Å². The van der Waals surface area contributed by atoms with Crippen LogP contribution in [0.25, 0.3) is 0 Å². The first kappa shape index (κ1) is 19.4. The van der Waals surface area contributed by atoms with E-state index >= 15 is 0 Å². The van der Waals surface area contributed by atoms with E-state index in [0.717, 1.165) is 30.6 Å². The average Bonchev–Trinajstić information content (AvgIpc) is 3.28. The molecule has 3 aliphatic rings. The SMILES string of the molecule is O=C(Nc1ccc2c(c1)OC1(CCCCC1)O2)c1ccccc1CN1C(=O)CNC1=O. The Hall–Kier alpha value is -3.55. The van der Waals surface area contributed by atoms with E-state index in [1.165, 1.54) is 6.42 Å². The molecule has 0 aromatic heterocycles. The molecular formula is C23H23N3O5. The third-order valence-corrected chi connectivity index (χ3v) is 5.94. The molecule has 0 unspecified atom stereocenters. The Kier molecular flexibility index (Phi) is 4.77. The molecule has 4 amide bonds. The van der Waals surface area contributed by atoms with Crippen LogP contribution in [0.15, 0.2) is 42.5 Å². The Morgan fingerprint density at radius 1 is 1.03 bits per heavy atom. The van der Waals surface area contributed by atoms with Gasteiger partial charge in [0.05, 0.1) is 13.1 Å². The molecule has 8 heteroatoms. The predicted molar refractivity (Wildman–Crippen MR) is 112 cm³/mol. The highest BCUT2D eigenvalue weighted by Crippen LogP contribution is 2.46. The summed E-state index contributed by atoms with van der Waals surface area (Å²) in [5.74, 6) is 0.117. The van der Waals surface area contributed by atoms with E-state index < -0.39 is 11.8 Å². The van der Waals surface area contributed by atoms with Crippen LogP contribution in [0.4, 0.5) is 10.5 Å². The quantitative estimate of drug-likeness (QED) is 0.738. The second-order valence-corrected chi connectivity index (χ2v) is 8.09. The maximum Gasteiger partial charge on any atom is 0.324 e. The summed E-state index contributed by atoms with van der Waals surface area (Å²) in [5, 5.41) is 5.38. The van der Waals surface area contributed by atoms with Crippen LogP contribution in [-0.4, -0.2) is 35.1 Å². The molecule has 8 nitrogen and oxygen atoms in total. The van der Waals surface area contributed by atoms with E-state index in [1.54, 1.807) is 36.4 Å². The Balaban J connectivity index is 1.32. The fourth-order valence-corrected chi connectivity index (χ4v) is 4.33. The second kappa shape index (κ2) is 7.61. The third kappa shape index (κ3) is 3.69. The smallest absolute Gasteiger partial charge is 0.324 e. The number of carbonyl (C=O) groups excluding carboxylic acids is 3. The normalized spacial score (nSPS) is 18.9. The van der Waals surface area contributed by atoms with Crippen LogP contribution in [0.3, 0.4) is 0 Å². The summed E-state index contributed by atoms with van der Waals surface area (Å²) in [7, 11) is 0. The Morgan fingerprint density at radius 3 is 2.58 bits per heavy atom. The summed E-state index contributed by atoms with van der Waals surface area (Å²) in [4.78, 5) is 37.9. The van der Waals surface area contributed by atoms with Crippen molar-refractivity contribution in [2.24, 2.45) is 0 Å². The molecule has 5 rings (SSSR count). The number of rotatable bonds is 4. The van der Waals surface area contributed by atoms with E-state index in [9.17, 15) is 14.4 Å². The number of nitrogens with zero attached hydrogens (tertiary/aromatic N) is 1. The molecule has 2 aromatic rings. The highest BCUT2D eigenvalue weighted by atomic mass is 16.7. The number of amides is 4. The van der Waals surface area contributed by atoms with Crippen molar-refractivity contribution in [3.05, 3.63) is 53.6 Å². The molecule has 31 heavy (non-hydrogen) atoms. The van der Waals surface area contributed by atoms with Gasteiger partial charge in [-0.1, -0.05) is 24.6 Å². The largest absolute Gasteiger partial charge is 0.448 e. The topological polar surface area (TPSA) is 97.0 Å². The maximum absolute atomic E-state index is 13.0. The minimum absolute atomic E-state index is 0.0219. The van der Waals surface area contributed by atoms with Crippen molar-refractivity contribution in [2.45, 2.75) is 44.4 Å². The molecule has 2 N–H and O–H groups in total. The van der Waals surface area contributed by atoms with Crippen LogP contribution in [0.5, 0.6) is 11.5 Å². The van der Waals surface area contributed by atoms with Gasteiger partial charge in [-0.2, -0.15) is 0 Å². The lowest BCUT2D eigenvalue weighted by molar-refractivity contribution is -0.125. The second-order valence-electron chi connectivity index (χ2n) is 8.09. The zero-order valence-corrected chi connectivity index (χ0v) is 17.0. The minimum Gasteiger partial charge on any atom is -0.448 e. The number of urea groups is 1. The van der Waals surface area contributed by atoms with E-state index in [1.807, 2.05) is 6.07 Å². The molecule has 1 saturated carbocycles. The molecule has 0 bridgehead atoms. The number of anilines is 1. The van der Waals surface area contributed by atoms with Crippen molar-refractivity contribution in [3.63, 3.8) is 0 Å². The molecule has 2 aliphatic heterocycles. The van der Waals surface area contributed by atoms with Gasteiger partial charge in [-0.05, 0) is 36.6 Å². The first-order valence-corrected chi connectivity index (χ1v) is 10.5. The van der Waals surface area contributed by atoms with Crippen LogP contribution in [0.1, 0.15) is 48.0 Å². The molecule has 1 spiro atoms. The van der Waals surface area contributed by atoms with Crippen LogP contribution in [0, 0.1) is 0 Å². The van der Waals surface area contributed by atoms with Crippen LogP contribution >= 0.6 is 0 Å². The number of carbonyl (C=O) groups is 3. The van der Waals surface area contributed by atoms with Gasteiger partial charge in [-0.25, -0.2) is 4.79 Å². The molecule has 0 atom stereocenters. The molecule has 2 fully saturated rings. The van der Waals surface area contributed by atoms with Crippen molar-refractivity contribution >= 4 is 23.5 Å². The number of ether oxygens (including phenoxy) is 2. The molecule has 160 valence electrons. The zero-order valence-electron chi connectivity index (χ0n) is 17.0. The summed E-state index contributed by atoms with van der Waals surface area (Å²) >= 11 is 0. The van der Waals surface area contributed by atoms with Gasteiger partial charge in [-0.3, -0.25) is 14.5 Å². The monoisotopic (exact) mass is 421 g/mol. The molecule has 0 radical (unpaired) electrons. The lowest BCUT2D eigenvalue weighted by Gasteiger charge is -2.31. The van der Waals surface area contributed by atoms with Gasteiger partial charge < -0.3 is 20.1 Å². The number of hydrogen-bond donors (Lipinski definition) is 2. The first-order chi connectivity index (χ1) is 15.0. The maximum atomic E-state index is 13.0. The fraction of sp³-hybridized carbons (Fsp3) is 0.348.